The maximum absolute atomic E-state index is 12.6. The first kappa shape index (κ1) is 18.3. The van der Waals surface area contributed by atoms with Crippen LogP contribution in [0.4, 0.5) is 0 Å². The van der Waals surface area contributed by atoms with Gasteiger partial charge in [0.2, 0.25) is 0 Å². The third kappa shape index (κ3) is 4.23. The molecule has 2 heterocycles. The topological polar surface area (TPSA) is 61.9 Å². The van der Waals surface area contributed by atoms with Gasteiger partial charge in [-0.15, -0.1) is 0 Å². The largest absolute Gasteiger partial charge is 0.336 e. The third-order valence-electron chi connectivity index (χ3n) is 4.42. The van der Waals surface area contributed by atoms with Gasteiger partial charge in [0.1, 0.15) is 0 Å². The molecule has 0 fully saturated rings. The molecule has 0 radical (unpaired) electrons. The summed E-state index contributed by atoms with van der Waals surface area (Å²) in [5.41, 5.74) is 4.71. The van der Waals surface area contributed by atoms with Crippen LogP contribution in [0, 0.1) is 0 Å². The summed E-state index contributed by atoms with van der Waals surface area (Å²) in [6, 6.07) is 21.5. The Hall–Kier alpha value is -3.12. The summed E-state index contributed by atoms with van der Waals surface area (Å²) in [7, 11) is 1.79. The number of imidazole rings is 1. The van der Waals surface area contributed by atoms with Crippen LogP contribution in [-0.4, -0.2) is 32.8 Å². The molecule has 0 atom stereocenters. The number of pyridine rings is 1. The first-order valence-electron chi connectivity index (χ1n) is 9.01. The van der Waals surface area contributed by atoms with Crippen molar-refractivity contribution in [1.82, 2.24) is 19.9 Å². The van der Waals surface area contributed by atoms with Crippen molar-refractivity contribution in [1.29, 1.82) is 0 Å². The second-order valence-corrected chi connectivity index (χ2v) is 7.49. The minimum Gasteiger partial charge on any atom is -0.336 e. The second-order valence-electron chi connectivity index (χ2n) is 6.53. The van der Waals surface area contributed by atoms with Gasteiger partial charge in [-0.25, -0.2) is 4.98 Å². The molecule has 0 aliphatic rings. The van der Waals surface area contributed by atoms with Crippen LogP contribution in [0.3, 0.4) is 0 Å². The number of carbonyl (C=O) groups excluding carboxylic acids is 1. The molecule has 28 heavy (non-hydrogen) atoms. The number of rotatable bonds is 6. The van der Waals surface area contributed by atoms with Crippen molar-refractivity contribution in [3.63, 3.8) is 0 Å². The maximum atomic E-state index is 12.6. The Kier molecular flexibility index (Phi) is 5.39. The highest BCUT2D eigenvalue weighted by atomic mass is 32.2. The molecule has 4 rings (SSSR count). The second kappa shape index (κ2) is 8.27. The van der Waals surface area contributed by atoms with Crippen LogP contribution in [0.2, 0.25) is 0 Å². The molecule has 0 aliphatic carbocycles. The van der Waals surface area contributed by atoms with Gasteiger partial charge >= 0.3 is 0 Å². The lowest BCUT2D eigenvalue weighted by Gasteiger charge is -2.17. The van der Waals surface area contributed by atoms with Crippen LogP contribution >= 0.6 is 11.8 Å². The van der Waals surface area contributed by atoms with Crippen molar-refractivity contribution in [2.24, 2.45) is 0 Å². The molecule has 0 spiro atoms. The normalized spacial score (nSPS) is 10.9. The number of amides is 1. The standard InChI is InChI=1S/C22H20N4OS/c1-26(14-18-6-4-5-13-23-18)21(27)17-11-9-16(10-12-17)15-28-22-24-19-7-2-3-8-20(19)25-22/h2-13H,14-15H2,1H3,(H,24,25). The smallest absolute Gasteiger partial charge is 0.253 e. The van der Waals surface area contributed by atoms with E-state index in [1.165, 1.54) is 0 Å². The number of fused-ring (bicyclic) bond motifs is 1. The van der Waals surface area contributed by atoms with Crippen LogP contribution in [0.25, 0.3) is 11.0 Å². The van der Waals surface area contributed by atoms with Crippen LogP contribution < -0.4 is 0 Å². The minimum atomic E-state index is -0.0119. The Labute approximate surface area is 167 Å². The SMILES string of the molecule is CN(Cc1ccccn1)C(=O)c1ccc(CSc2nc3ccccc3[nH]2)cc1. The summed E-state index contributed by atoms with van der Waals surface area (Å²) >= 11 is 1.65. The van der Waals surface area contributed by atoms with E-state index in [9.17, 15) is 4.79 Å². The Bertz CT molecular complexity index is 1040. The molecule has 4 aromatic rings. The van der Waals surface area contributed by atoms with Gasteiger partial charge in [-0.2, -0.15) is 0 Å². The average Bonchev–Trinajstić information content (AvgIpc) is 3.16. The number of nitrogens with zero attached hydrogens (tertiary/aromatic N) is 3. The van der Waals surface area contributed by atoms with Gasteiger partial charge in [-0.3, -0.25) is 9.78 Å². The number of carbonyl (C=O) groups is 1. The number of aromatic amines is 1. The molecule has 0 bridgehead atoms. The molecular formula is C22H20N4OS. The van der Waals surface area contributed by atoms with E-state index in [0.717, 1.165) is 33.2 Å². The number of hydrogen-bond acceptors (Lipinski definition) is 4. The predicted octanol–water partition coefficient (Wildman–Crippen LogP) is 4.52. The Morgan fingerprint density at radius 2 is 1.82 bits per heavy atom. The molecule has 0 aliphatic heterocycles. The molecule has 2 aromatic heterocycles. The van der Waals surface area contributed by atoms with Gasteiger partial charge in [0.05, 0.1) is 23.3 Å². The maximum Gasteiger partial charge on any atom is 0.253 e. The molecule has 1 amide bonds. The van der Waals surface area contributed by atoms with Gasteiger partial charge in [0, 0.05) is 24.6 Å². The van der Waals surface area contributed by atoms with Crippen LogP contribution in [-0.2, 0) is 12.3 Å². The van der Waals surface area contributed by atoms with Crippen molar-refractivity contribution >= 4 is 28.7 Å². The molecule has 2 aromatic carbocycles. The number of thioether (sulfide) groups is 1. The fraction of sp³-hybridized carbons (Fsp3) is 0.136. The predicted molar refractivity (Wildman–Crippen MR) is 112 cm³/mol. The van der Waals surface area contributed by atoms with Crippen LogP contribution in [0.1, 0.15) is 21.6 Å². The molecule has 140 valence electrons. The van der Waals surface area contributed by atoms with Crippen molar-refractivity contribution in [2.45, 2.75) is 17.5 Å². The number of aromatic nitrogens is 3. The summed E-state index contributed by atoms with van der Waals surface area (Å²) in [5.74, 6) is 0.778. The van der Waals surface area contributed by atoms with Gasteiger partial charge in [0.15, 0.2) is 5.16 Å². The van der Waals surface area contributed by atoms with Crippen molar-refractivity contribution in [3.8, 4) is 0 Å². The van der Waals surface area contributed by atoms with Crippen LogP contribution in [0.15, 0.2) is 78.1 Å². The number of para-hydroxylation sites is 2. The lowest BCUT2D eigenvalue weighted by Crippen LogP contribution is -2.26. The zero-order valence-electron chi connectivity index (χ0n) is 15.5. The zero-order valence-corrected chi connectivity index (χ0v) is 16.3. The van der Waals surface area contributed by atoms with Gasteiger partial charge in [-0.05, 0) is 42.0 Å². The highest BCUT2D eigenvalue weighted by molar-refractivity contribution is 7.98. The van der Waals surface area contributed by atoms with Crippen LogP contribution in [0.5, 0.6) is 0 Å². The molecule has 6 heteroatoms. The summed E-state index contributed by atoms with van der Waals surface area (Å²) in [6.45, 7) is 0.489. The highest BCUT2D eigenvalue weighted by Crippen LogP contribution is 2.23. The fourth-order valence-electron chi connectivity index (χ4n) is 2.92. The molecule has 1 N–H and O–H groups in total. The van der Waals surface area contributed by atoms with E-state index < -0.39 is 0 Å². The van der Waals surface area contributed by atoms with E-state index in [0.29, 0.717) is 12.1 Å². The summed E-state index contributed by atoms with van der Waals surface area (Å²) in [5, 5.41) is 0.899. The number of H-pyrrole nitrogens is 1. The lowest BCUT2D eigenvalue weighted by atomic mass is 10.1. The van der Waals surface area contributed by atoms with E-state index in [1.54, 1.807) is 29.9 Å². The average molecular weight is 388 g/mol. The molecule has 0 unspecified atom stereocenters. The number of hydrogen-bond donors (Lipinski definition) is 1. The summed E-state index contributed by atoms with van der Waals surface area (Å²) in [6.07, 6.45) is 1.74. The summed E-state index contributed by atoms with van der Waals surface area (Å²) < 4.78 is 0. The van der Waals surface area contributed by atoms with Crippen molar-refractivity contribution < 1.29 is 4.79 Å². The highest BCUT2D eigenvalue weighted by Gasteiger charge is 2.12. The number of benzene rings is 2. The van der Waals surface area contributed by atoms with E-state index in [-0.39, 0.29) is 5.91 Å². The Balaban J connectivity index is 1.37. The van der Waals surface area contributed by atoms with Crippen molar-refractivity contribution in [3.05, 3.63) is 89.7 Å². The number of nitrogens with one attached hydrogen (secondary N) is 1. The quantitative estimate of drug-likeness (QED) is 0.493. The van der Waals surface area contributed by atoms with Gasteiger partial charge in [0.25, 0.3) is 5.91 Å². The van der Waals surface area contributed by atoms with Gasteiger partial charge in [-0.1, -0.05) is 42.1 Å². The van der Waals surface area contributed by atoms with Gasteiger partial charge < -0.3 is 9.88 Å². The summed E-state index contributed by atoms with van der Waals surface area (Å²) in [4.78, 5) is 26.5. The van der Waals surface area contributed by atoms with E-state index >= 15 is 0 Å². The van der Waals surface area contributed by atoms with Crippen molar-refractivity contribution in [2.75, 3.05) is 7.05 Å². The van der Waals surface area contributed by atoms with E-state index in [4.69, 9.17) is 0 Å². The first-order valence-corrected chi connectivity index (χ1v) is 9.99. The van der Waals surface area contributed by atoms with E-state index in [2.05, 4.69) is 15.0 Å². The third-order valence-corrected chi connectivity index (χ3v) is 5.36. The molecule has 5 nitrogen and oxygen atoms in total. The van der Waals surface area contributed by atoms with E-state index in [1.807, 2.05) is 66.7 Å². The molecule has 0 saturated heterocycles. The zero-order chi connectivity index (χ0) is 19.3. The fourth-order valence-corrected chi connectivity index (χ4v) is 3.76. The molecule has 0 saturated carbocycles. The first-order chi connectivity index (χ1) is 13.7. The monoisotopic (exact) mass is 388 g/mol. The Morgan fingerprint density at radius 3 is 2.57 bits per heavy atom. The minimum absolute atomic E-state index is 0.0119. The lowest BCUT2D eigenvalue weighted by molar-refractivity contribution is 0.0783. The molecular weight excluding hydrogens is 368 g/mol. The Morgan fingerprint density at radius 1 is 1.04 bits per heavy atom.